The van der Waals surface area contributed by atoms with Crippen molar-refractivity contribution in [1.82, 2.24) is 9.88 Å². The summed E-state index contributed by atoms with van der Waals surface area (Å²) in [4.78, 5) is 17.7. The molecule has 1 aromatic heterocycles. The molecule has 1 aromatic rings. The molecule has 1 atom stereocenters. The van der Waals surface area contributed by atoms with Gasteiger partial charge in [-0.1, -0.05) is 11.6 Å². The Morgan fingerprint density at radius 1 is 1.71 bits per heavy atom. The molecule has 2 N–H and O–H groups in total. The molecule has 1 fully saturated rings. The maximum atomic E-state index is 12.2. The fourth-order valence-corrected chi connectivity index (χ4v) is 1.98. The van der Waals surface area contributed by atoms with Gasteiger partial charge in [0.05, 0.1) is 30.1 Å². The van der Waals surface area contributed by atoms with Crippen LogP contribution in [0.15, 0.2) is 12.3 Å². The van der Waals surface area contributed by atoms with Gasteiger partial charge < -0.3 is 15.4 Å². The standard InChI is InChI=1S/C11H14ClN3O2/c1-15(8-2-3-17-6-8)11(16)9-4-7(13)5-14-10(9)12/h4-5,8H,2-3,6,13H2,1H3. The second-order valence-electron chi connectivity index (χ2n) is 4.04. The summed E-state index contributed by atoms with van der Waals surface area (Å²) in [5, 5.41) is 0.176. The van der Waals surface area contributed by atoms with Crippen LogP contribution in [0.4, 0.5) is 5.69 Å². The van der Waals surface area contributed by atoms with E-state index in [2.05, 4.69) is 4.98 Å². The summed E-state index contributed by atoms with van der Waals surface area (Å²) in [7, 11) is 1.74. The molecule has 1 unspecified atom stereocenters. The Kier molecular flexibility index (Phi) is 3.49. The minimum Gasteiger partial charge on any atom is -0.397 e. The molecule has 0 aromatic carbocycles. The highest BCUT2D eigenvalue weighted by Gasteiger charge is 2.26. The van der Waals surface area contributed by atoms with Gasteiger partial charge in [0, 0.05) is 13.7 Å². The van der Waals surface area contributed by atoms with Crippen molar-refractivity contribution < 1.29 is 9.53 Å². The van der Waals surface area contributed by atoms with Crippen LogP contribution in [0.2, 0.25) is 5.15 Å². The highest BCUT2D eigenvalue weighted by atomic mass is 35.5. The van der Waals surface area contributed by atoms with Crippen molar-refractivity contribution in [1.29, 1.82) is 0 Å². The van der Waals surface area contributed by atoms with Crippen molar-refractivity contribution in [3.63, 3.8) is 0 Å². The topological polar surface area (TPSA) is 68.5 Å². The summed E-state index contributed by atoms with van der Waals surface area (Å²) < 4.78 is 5.25. The number of nitrogens with two attached hydrogens (primary N) is 1. The zero-order valence-corrected chi connectivity index (χ0v) is 10.3. The minimum atomic E-state index is -0.176. The fourth-order valence-electron chi connectivity index (χ4n) is 1.80. The lowest BCUT2D eigenvalue weighted by atomic mass is 10.2. The van der Waals surface area contributed by atoms with Crippen molar-refractivity contribution in [3.8, 4) is 0 Å². The molecule has 1 aliphatic heterocycles. The number of ether oxygens (including phenoxy) is 1. The first-order chi connectivity index (χ1) is 8.09. The number of rotatable bonds is 2. The minimum absolute atomic E-state index is 0.0972. The zero-order valence-electron chi connectivity index (χ0n) is 9.52. The number of aromatic nitrogens is 1. The Labute approximate surface area is 105 Å². The summed E-state index contributed by atoms with van der Waals surface area (Å²) in [6, 6.07) is 1.64. The predicted molar refractivity (Wildman–Crippen MR) is 65.0 cm³/mol. The molecule has 17 heavy (non-hydrogen) atoms. The number of halogens is 1. The first-order valence-electron chi connectivity index (χ1n) is 5.35. The third-order valence-corrected chi connectivity index (χ3v) is 3.17. The second kappa shape index (κ2) is 4.89. The fraction of sp³-hybridized carbons (Fsp3) is 0.455. The van der Waals surface area contributed by atoms with Gasteiger partial charge in [0.15, 0.2) is 0 Å². The molecule has 1 saturated heterocycles. The summed E-state index contributed by atoms with van der Waals surface area (Å²) in [5.74, 6) is -0.176. The van der Waals surface area contributed by atoms with Gasteiger partial charge in [-0.2, -0.15) is 0 Å². The van der Waals surface area contributed by atoms with Crippen LogP contribution >= 0.6 is 11.6 Å². The maximum Gasteiger partial charge on any atom is 0.257 e. The largest absolute Gasteiger partial charge is 0.397 e. The molecular formula is C11H14ClN3O2. The third kappa shape index (κ3) is 2.50. The van der Waals surface area contributed by atoms with Crippen LogP contribution in [0.25, 0.3) is 0 Å². The Balaban J connectivity index is 2.20. The van der Waals surface area contributed by atoms with Gasteiger partial charge in [0.2, 0.25) is 0 Å². The second-order valence-corrected chi connectivity index (χ2v) is 4.40. The van der Waals surface area contributed by atoms with Gasteiger partial charge in [-0.05, 0) is 12.5 Å². The number of pyridine rings is 1. The smallest absolute Gasteiger partial charge is 0.257 e. The molecule has 0 saturated carbocycles. The molecule has 1 aliphatic rings. The first kappa shape index (κ1) is 12.1. The Morgan fingerprint density at radius 2 is 2.47 bits per heavy atom. The van der Waals surface area contributed by atoms with E-state index in [0.717, 1.165) is 6.42 Å². The summed E-state index contributed by atoms with van der Waals surface area (Å²) >= 11 is 5.90. The van der Waals surface area contributed by atoms with E-state index in [9.17, 15) is 4.79 Å². The molecule has 0 radical (unpaired) electrons. The first-order valence-corrected chi connectivity index (χ1v) is 5.73. The number of nitrogen functional groups attached to an aromatic ring is 1. The van der Waals surface area contributed by atoms with Crippen LogP contribution in [0, 0.1) is 0 Å². The molecule has 0 spiro atoms. The Hall–Kier alpha value is -1.33. The molecule has 5 nitrogen and oxygen atoms in total. The monoisotopic (exact) mass is 255 g/mol. The summed E-state index contributed by atoms with van der Waals surface area (Å²) in [6.07, 6.45) is 2.27. The molecule has 6 heteroatoms. The van der Waals surface area contributed by atoms with Crippen molar-refractivity contribution in [2.24, 2.45) is 0 Å². The van der Waals surface area contributed by atoms with E-state index in [0.29, 0.717) is 24.5 Å². The Morgan fingerprint density at radius 3 is 3.12 bits per heavy atom. The number of hydrogen-bond donors (Lipinski definition) is 1. The van der Waals surface area contributed by atoms with Crippen LogP contribution in [0.1, 0.15) is 16.8 Å². The quantitative estimate of drug-likeness (QED) is 0.806. The van der Waals surface area contributed by atoms with E-state index < -0.39 is 0 Å². The van der Waals surface area contributed by atoms with Gasteiger partial charge in [-0.15, -0.1) is 0 Å². The maximum absolute atomic E-state index is 12.2. The van der Waals surface area contributed by atoms with Crippen molar-refractivity contribution >= 4 is 23.2 Å². The Bertz CT molecular complexity index is 433. The number of hydrogen-bond acceptors (Lipinski definition) is 4. The molecule has 2 heterocycles. The van der Waals surface area contributed by atoms with E-state index >= 15 is 0 Å². The summed E-state index contributed by atoms with van der Waals surface area (Å²) in [6.45, 7) is 1.25. The highest BCUT2D eigenvalue weighted by molar-refractivity contribution is 6.32. The predicted octanol–water partition coefficient (Wildman–Crippen LogP) is 1.18. The molecular weight excluding hydrogens is 242 g/mol. The normalized spacial score (nSPS) is 19.3. The van der Waals surface area contributed by atoms with Gasteiger partial charge in [0.1, 0.15) is 5.15 Å². The van der Waals surface area contributed by atoms with Crippen molar-refractivity contribution in [2.75, 3.05) is 26.0 Å². The number of anilines is 1. The number of likely N-dealkylation sites (N-methyl/N-ethyl adjacent to an activating group) is 1. The van der Waals surface area contributed by atoms with Crippen molar-refractivity contribution in [2.45, 2.75) is 12.5 Å². The van der Waals surface area contributed by atoms with E-state index in [4.69, 9.17) is 22.1 Å². The molecule has 92 valence electrons. The molecule has 0 bridgehead atoms. The van der Waals surface area contributed by atoms with E-state index in [1.54, 1.807) is 18.0 Å². The van der Waals surface area contributed by atoms with Gasteiger partial charge in [-0.3, -0.25) is 4.79 Å². The highest BCUT2D eigenvalue weighted by Crippen LogP contribution is 2.20. The molecule has 0 aliphatic carbocycles. The number of carbonyl (C=O) groups is 1. The number of carbonyl (C=O) groups excluding carboxylic acids is 1. The van der Waals surface area contributed by atoms with Crippen LogP contribution in [0.5, 0.6) is 0 Å². The van der Waals surface area contributed by atoms with Gasteiger partial charge >= 0.3 is 0 Å². The zero-order chi connectivity index (χ0) is 12.4. The molecule has 2 rings (SSSR count). The SMILES string of the molecule is CN(C(=O)c1cc(N)cnc1Cl)C1CCOC1. The lowest BCUT2D eigenvalue weighted by molar-refractivity contribution is 0.0711. The van der Waals surface area contributed by atoms with Crippen LogP contribution in [-0.2, 0) is 4.74 Å². The van der Waals surface area contributed by atoms with Crippen LogP contribution in [-0.4, -0.2) is 42.1 Å². The van der Waals surface area contributed by atoms with Gasteiger partial charge in [0.25, 0.3) is 5.91 Å². The van der Waals surface area contributed by atoms with E-state index in [-0.39, 0.29) is 17.1 Å². The number of amides is 1. The lowest BCUT2D eigenvalue weighted by Gasteiger charge is -2.23. The van der Waals surface area contributed by atoms with Crippen LogP contribution in [0.3, 0.4) is 0 Å². The average Bonchev–Trinajstić information content (AvgIpc) is 2.84. The van der Waals surface area contributed by atoms with Crippen molar-refractivity contribution in [3.05, 3.63) is 23.0 Å². The molecule has 1 amide bonds. The lowest BCUT2D eigenvalue weighted by Crippen LogP contribution is -2.37. The average molecular weight is 256 g/mol. The third-order valence-electron chi connectivity index (χ3n) is 2.86. The van der Waals surface area contributed by atoms with E-state index in [1.165, 1.54) is 6.20 Å². The number of nitrogens with zero attached hydrogens (tertiary/aromatic N) is 2. The summed E-state index contributed by atoms with van der Waals surface area (Å²) in [5.41, 5.74) is 6.36. The van der Waals surface area contributed by atoms with Gasteiger partial charge in [-0.25, -0.2) is 4.98 Å². The van der Waals surface area contributed by atoms with E-state index in [1.807, 2.05) is 0 Å². The van der Waals surface area contributed by atoms with Crippen LogP contribution < -0.4 is 5.73 Å².